The topological polar surface area (TPSA) is 46.9 Å². The first kappa shape index (κ1) is 15.4. The van der Waals surface area contributed by atoms with E-state index in [1.54, 1.807) is 6.20 Å². The molecule has 0 bridgehead atoms. The smallest absolute Gasteiger partial charge is 0.287 e. The Kier molecular flexibility index (Phi) is 4.43. The Labute approximate surface area is 125 Å². The summed E-state index contributed by atoms with van der Waals surface area (Å²) in [4.78, 5) is 12.2. The molecular weight excluding hydrogens is 274 g/mol. The molecule has 4 nitrogen and oxygen atoms in total. The quantitative estimate of drug-likeness (QED) is 0.924. The molecule has 1 heterocycles. The largest absolute Gasteiger partial charge is 0.379 e. The minimum atomic E-state index is -0.207. The van der Waals surface area contributed by atoms with Crippen molar-refractivity contribution >= 4 is 17.3 Å². The molecule has 1 unspecified atom stereocenters. The first-order chi connectivity index (χ1) is 9.31. The van der Waals surface area contributed by atoms with Crippen molar-refractivity contribution in [1.29, 1.82) is 0 Å². The zero-order valence-corrected chi connectivity index (χ0v) is 13.5. The Bertz CT molecular complexity index is 536. The van der Waals surface area contributed by atoms with Gasteiger partial charge in [0, 0.05) is 12.6 Å². The fraction of sp³-hybridized carbons (Fsp3) is 0.733. The van der Waals surface area contributed by atoms with E-state index >= 15 is 0 Å². The molecule has 1 fully saturated rings. The van der Waals surface area contributed by atoms with Gasteiger partial charge in [0.1, 0.15) is 5.02 Å². The zero-order chi connectivity index (χ0) is 14.9. The molecular formula is C15H24ClN3O. The number of hydrogen-bond acceptors (Lipinski definition) is 3. The van der Waals surface area contributed by atoms with Gasteiger partial charge in [-0.05, 0) is 24.2 Å². The van der Waals surface area contributed by atoms with E-state index < -0.39 is 0 Å². The van der Waals surface area contributed by atoms with Gasteiger partial charge in [-0.2, -0.15) is 5.10 Å². The zero-order valence-electron chi connectivity index (χ0n) is 12.7. The highest BCUT2D eigenvalue weighted by Gasteiger charge is 2.34. The summed E-state index contributed by atoms with van der Waals surface area (Å²) in [5.41, 5.74) is 0.689. The second kappa shape index (κ2) is 5.76. The van der Waals surface area contributed by atoms with Gasteiger partial charge < -0.3 is 5.32 Å². The third kappa shape index (κ3) is 3.17. The highest BCUT2D eigenvalue weighted by molar-refractivity contribution is 6.32. The summed E-state index contributed by atoms with van der Waals surface area (Å²) in [5.74, 6) is 0.365. The maximum Gasteiger partial charge on any atom is 0.287 e. The lowest BCUT2D eigenvalue weighted by molar-refractivity contribution is 0.349. The van der Waals surface area contributed by atoms with Crippen LogP contribution in [0.15, 0.2) is 11.0 Å². The Morgan fingerprint density at radius 2 is 2.25 bits per heavy atom. The molecule has 1 aliphatic rings. The first-order valence-electron chi connectivity index (χ1n) is 7.33. The van der Waals surface area contributed by atoms with Crippen LogP contribution in [0.5, 0.6) is 0 Å². The van der Waals surface area contributed by atoms with Crippen molar-refractivity contribution in [2.75, 3.05) is 5.32 Å². The van der Waals surface area contributed by atoms with Gasteiger partial charge in [0.25, 0.3) is 5.56 Å². The lowest BCUT2D eigenvalue weighted by Gasteiger charge is -2.28. The molecule has 1 aromatic rings. The molecule has 0 spiro atoms. The van der Waals surface area contributed by atoms with Crippen molar-refractivity contribution in [3.05, 3.63) is 21.6 Å². The summed E-state index contributed by atoms with van der Waals surface area (Å²) in [6.07, 6.45) is 5.19. The van der Waals surface area contributed by atoms with Crippen LogP contribution in [0.25, 0.3) is 0 Å². The maximum absolute atomic E-state index is 12.2. The van der Waals surface area contributed by atoms with Gasteiger partial charge in [-0.1, -0.05) is 45.7 Å². The molecule has 0 aromatic carbocycles. The molecule has 0 radical (unpaired) electrons. The van der Waals surface area contributed by atoms with E-state index in [0.29, 0.717) is 24.2 Å². The number of hydrogen-bond donors (Lipinski definition) is 1. The van der Waals surface area contributed by atoms with Crippen molar-refractivity contribution in [3.8, 4) is 0 Å². The van der Waals surface area contributed by atoms with Crippen LogP contribution in [0.1, 0.15) is 47.0 Å². The number of anilines is 1. The van der Waals surface area contributed by atoms with E-state index in [2.05, 4.69) is 38.1 Å². The third-order valence-electron chi connectivity index (χ3n) is 4.11. The summed E-state index contributed by atoms with van der Waals surface area (Å²) >= 11 is 6.22. The number of nitrogens with one attached hydrogen (secondary N) is 1. The number of aromatic nitrogens is 2. The fourth-order valence-corrected chi connectivity index (χ4v) is 3.02. The predicted octanol–water partition coefficient (Wildman–Crippen LogP) is 3.54. The highest BCUT2D eigenvalue weighted by Crippen LogP contribution is 2.39. The van der Waals surface area contributed by atoms with Crippen molar-refractivity contribution in [1.82, 2.24) is 9.78 Å². The van der Waals surface area contributed by atoms with Crippen LogP contribution in [0.2, 0.25) is 5.02 Å². The van der Waals surface area contributed by atoms with E-state index in [0.717, 1.165) is 6.42 Å². The Morgan fingerprint density at radius 3 is 2.80 bits per heavy atom. The summed E-state index contributed by atoms with van der Waals surface area (Å²) in [6.45, 7) is 9.19. The van der Waals surface area contributed by atoms with Crippen LogP contribution < -0.4 is 10.9 Å². The summed E-state index contributed by atoms with van der Waals surface area (Å²) in [5, 5.41) is 7.89. The molecule has 0 saturated heterocycles. The van der Waals surface area contributed by atoms with Crippen LogP contribution in [0, 0.1) is 11.3 Å². The highest BCUT2D eigenvalue weighted by atomic mass is 35.5. The average Bonchev–Trinajstić information content (AvgIpc) is 2.68. The molecule has 1 aromatic heterocycles. The molecule has 1 atom stereocenters. The molecule has 112 valence electrons. The number of rotatable bonds is 4. The predicted molar refractivity (Wildman–Crippen MR) is 83.4 cm³/mol. The number of nitrogens with zero attached hydrogens (tertiary/aromatic N) is 2. The molecule has 1 saturated carbocycles. The second-order valence-corrected chi connectivity index (χ2v) is 7.21. The van der Waals surface area contributed by atoms with Gasteiger partial charge in [-0.15, -0.1) is 0 Å². The molecule has 0 amide bonds. The first-order valence-corrected chi connectivity index (χ1v) is 7.71. The molecule has 1 aliphatic carbocycles. The van der Waals surface area contributed by atoms with Gasteiger partial charge in [0.05, 0.1) is 11.9 Å². The molecule has 5 heteroatoms. The van der Waals surface area contributed by atoms with Gasteiger partial charge in [0.2, 0.25) is 0 Å². The summed E-state index contributed by atoms with van der Waals surface area (Å²) in [7, 11) is 0. The van der Waals surface area contributed by atoms with Crippen LogP contribution in [-0.4, -0.2) is 15.8 Å². The molecule has 2 rings (SSSR count). The van der Waals surface area contributed by atoms with Gasteiger partial charge in [-0.3, -0.25) is 4.79 Å². The monoisotopic (exact) mass is 297 g/mol. The minimum absolute atomic E-state index is 0.207. The minimum Gasteiger partial charge on any atom is -0.379 e. The SMILES string of the molecule is CC(C)Cn1ncc(NC2CCCC2(C)C)c(Cl)c1=O. The lowest BCUT2D eigenvalue weighted by atomic mass is 9.87. The van der Waals surface area contributed by atoms with E-state index in [9.17, 15) is 4.79 Å². The number of halogens is 1. The molecule has 0 aliphatic heterocycles. The molecule has 1 N–H and O–H groups in total. The van der Waals surface area contributed by atoms with Crippen molar-refractivity contribution in [3.63, 3.8) is 0 Å². The molecule has 20 heavy (non-hydrogen) atoms. The van der Waals surface area contributed by atoms with E-state index in [-0.39, 0.29) is 16.0 Å². The Balaban J connectivity index is 2.22. The van der Waals surface area contributed by atoms with Gasteiger partial charge in [-0.25, -0.2) is 4.68 Å². The van der Waals surface area contributed by atoms with E-state index in [1.807, 2.05) is 0 Å². The van der Waals surface area contributed by atoms with Crippen molar-refractivity contribution < 1.29 is 0 Å². The van der Waals surface area contributed by atoms with E-state index in [1.165, 1.54) is 17.5 Å². The third-order valence-corrected chi connectivity index (χ3v) is 4.48. The average molecular weight is 298 g/mol. The van der Waals surface area contributed by atoms with Gasteiger partial charge in [0.15, 0.2) is 0 Å². The van der Waals surface area contributed by atoms with Crippen LogP contribution in [0.3, 0.4) is 0 Å². The maximum atomic E-state index is 12.2. The van der Waals surface area contributed by atoms with Crippen LogP contribution >= 0.6 is 11.6 Å². The lowest BCUT2D eigenvalue weighted by Crippen LogP contribution is -2.33. The van der Waals surface area contributed by atoms with Crippen LogP contribution in [0.4, 0.5) is 5.69 Å². The van der Waals surface area contributed by atoms with Crippen LogP contribution in [-0.2, 0) is 6.54 Å². The fourth-order valence-electron chi connectivity index (χ4n) is 2.82. The van der Waals surface area contributed by atoms with Crippen molar-refractivity contribution in [2.24, 2.45) is 11.3 Å². The summed E-state index contributed by atoms with van der Waals surface area (Å²) < 4.78 is 1.44. The summed E-state index contributed by atoms with van der Waals surface area (Å²) in [6, 6.07) is 0.349. The van der Waals surface area contributed by atoms with E-state index in [4.69, 9.17) is 11.6 Å². The second-order valence-electron chi connectivity index (χ2n) is 6.83. The van der Waals surface area contributed by atoms with Gasteiger partial charge >= 0.3 is 0 Å². The standard InChI is InChI=1S/C15H24ClN3O/c1-10(2)9-19-14(20)13(16)11(8-17-19)18-12-6-5-7-15(12,3)4/h8,10,12,18H,5-7,9H2,1-4H3. The normalized spacial score (nSPS) is 21.4. The Morgan fingerprint density at radius 1 is 1.55 bits per heavy atom. The van der Waals surface area contributed by atoms with Crippen molar-refractivity contribution in [2.45, 2.75) is 59.5 Å². The Hall–Kier alpha value is -1.03.